The highest BCUT2D eigenvalue weighted by molar-refractivity contribution is 3.92. The Labute approximate surface area is 43.1 Å². The minimum absolute atomic E-state index is 0.406. The van der Waals surface area contributed by atoms with E-state index >= 15 is 0 Å². The predicted octanol–water partition coefficient (Wildman–Crippen LogP) is -0.868. The predicted molar refractivity (Wildman–Crippen MR) is 26.2 cm³/mol. The molecule has 0 aliphatic rings. The van der Waals surface area contributed by atoms with E-state index < -0.39 is 4.86 Å². The monoisotopic (exact) mass is 106 g/mol. The van der Waals surface area contributed by atoms with Crippen molar-refractivity contribution in [2.45, 2.75) is 6.92 Å². The van der Waals surface area contributed by atoms with Crippen LogP contribution in [-0.4, -0.2) is 18.5 Å². The van der Waals surface area contributed by atoms with E-state index in [0.29, 0.717) is 6.61 Å². The average Bonchev–Trinajstić information content (AvgIpc) is 1.30. The largest absolute Gasteiger partial charge is 0.162 e. The fraction of sp³-hybridized carbons (Fsp3) is 1.00. The van der Waals surface area contributed by atoms with Gasteiger partial charge in [-0.3, -0.25) is 0 Å². The summed E-state index contributed by atoms with van der Waals surface area (Å²) in [7, 11) is 1.55. The molecule has 0 aliphatic heterocycles. The van der Waals surface area contributed by atoms with Gasteiger partial charge in [0, 0.05) is 0 Å². The molecule has 0 aromatic rings. The Morgan fingerprint density at radius 3 is 2.00 bits per heavy atom. The molecular weight excluding hydrogens is 94.1 g/mol. The molecule has 0 aromatic carbocycles. The van der Waals surface area contributed by atoms with Crippen molar-refractivity contribution in [3.05, 3.63) is 0 Å². The molecule has 0 atom stereocenters. The van der Waals surface area contributed by atoms with Gasteiger partial charge in [0.2, 0.25) is 0 Å². The smallest absolute Gasteiger partial charge is 0.138 e. The quantitative estimate of drug-likeness (QED) is 0.273. The Hall–Kier alpha value is -0.160. The van der Waals surface area contributed by atoms with E-state index in [1.54, 1.807) is 7.05 Å². The van der Waals surface area contributed by atoms with Crippen LogP contribution >= 0.6 is 0 Å². The van der Waals surface area contributed by atoms with Gasteiger partial charge in [0.25, 0.3) is 0 Å². The highest BCUT2D eigenvalue weighted by atomic mass is 16.8. The zero-order chi connectivity index (χ0) is 5.91. The molecule has 0 saturated heterocycles. The number of nitrogens with two attached hydrogens (primary N) is 2. The Morgan fingerprint density at radius 2 is 2.00 bits per heavy atom. The zero-order valence-corrected chi connectivity index (χ0v) is 4.72. The third-order valence-electron chi connectivity index (χ3n) is 0.407. The first-order chi connectivity index (χ1) is 3.06. The van der Waals surface area contributed by atoms with Gasteiger partial charge in [0.05, 0.1) is 0 Å². The Balaban J connectivity index is 3.15. The molecule has 0 spiro atoms. The lowest BCUT2D eigenvalue weighted by molar-refractivity contribution is -1.11. The van der Waals surface area contributed by atoms with Crippen LogP contribution in [0.2, 0.25) is 0 Å². The van der Waals surface area contributed by atoms with Crippen molar-refractivity contribution >= 4 is 0 Å². The maximum Gasteiger partial charge on any atom is 0.138 e. The van der Waals surface area contributed by atoms with Crippen LogP contribution in [0.15, 0.2) is 0 Å². The lowest BCUT2D eigenvalue weighted by Crippen LogP contribution is -2.56. The van der Waals surface area contributed by atoms with E-state index in [1.165, 1.54) is 0 Å². The summed E-state index contributed by atoms with van der Waals surface area (Å²) in [4.78, 5) is 4.32. The summed E-state index contributed by atoms with van der Waals surface area (Å²) >= 11 is 0. The van der Waals surface area contributed by atoms with E-state index in [-0.39, 0.29) is 0 Å². The fourth-order valence-corrected chi connectivity index (χ4v) is 0.278. The van der Waals surface area contributed by atoms with Gasteiger partial charge in [-0.05, 0) is 11.8 Å². The van der Waals surface area contributed by atoms with Gasteiger partial charge in [0.1, 0.15) is 13.7 Å². The second-order valence-electron chi connectivity index (χ2n) is 1.48. The number of hydroxylamine groups is 1. The van der Waals surface area contributed by atoms with E-state index in [1.807, 2.05) is 6.92 Å². The molecule has 44 valence electrons. The lowest BCUT2D eigenvalue weighted by Gasteiger charge is -2.16. The molecule has 0 aromatic heterocycles. The Kier molecular flexibility index (Phi) is 2.17. The first kappa shape index (κ1) is 6.84. The normalized spacial score (nSPS) is 12.0. The van der Waals surface area contributed by atoms with Crippen LogP contribution in [0.4, 0.5) is 0 Å². The summed E-state index contributed by atoms with van der Waals surface area (Å²) < 4.78 is 0. The summed E-state index contributed by atoms with van der Waals surface area (Å²) in [6.07, 6.45) is 0. The fourth-order valence-electron chi connectivity index (χ4n) is 0.278. The van der Waals surface area contributed by atoms with E-state index in [9.17, 15) is 0 Å². The van der Waals surface area contributed by atoms with Gasteiger partial charge < -0.3 is 0 Å². The summed E-state index contributed by atoms with van der Waals surface area (Å²) in [5.41, 5.74) is 0. The van der Waals surface area contributed by atoms with Crippen molar-refractivity contribution in [2.24, 2.45) is 11.7 Å². The van der Waals surface area contributed by atoms with E-state index in [2.05, 4.69) is 0 Å². The van der Waals surface area contributed by atoms with Crippen LogP contribution in [0.3, 0.4) is 0 Å². The van der Waals surface area contributed by atoms with Gasteiger partial charge in [-0.2, -0.15) is 4.84 Å². The molecule has 4 nitrogen and oxygen atoms in total. The Morgan fingerprint density at radius 1 is 1.57 bits per heavy atom. The summed E-state index contributed by atoms with van der Waals surface area (Å²) in [5, 5.41) is 0. The molecule has 0 fully saturated rings. The Bertz CT molecular complexity index is 48.6. The molecule has 0 aliphatic carbocycles. The molecule has 0 bridgehead atoms. The lowest BCUT2D eigenvalue weighted by atomic mass is 10.9. The molecule has 7 heavy (non-hydrogen) atoms. The molecule has 0 rings (SSSR count). The summed E-state index contributed by atoms with van der Waals surface area (Å²) in [6, 6.07) is 0. The molecule has 0 heterocycles. The van der Waals surface area contributed by atoms with Crippen molar-refractivity contribution in [1.82, 2.24) is 0 Å². The minimum atomic E-state index is -0.406. The van der Waals surface area contributed by atoms with E-state index in [0.717, 1.165) is 0 Å². The molecule has 0 radical (unpaired) electrons. The molecule has 4 heteroatoms. The van der Waals surface area contributed by atoms with Gasteiger partial charge >= 0.3 is 0 Å². The highest BCUT2D eigenvalue weighted by Gasteiger charge is 2.06. The van der Waals surface area contributed by atoms with Gasteiger partial charge in [-0.1, -0.05) is 0 Å². The minimum Gasteiger partial charge on any atom is -0.162 e. The highest BCUT2D eigenvalue weighted by Crippen LogP contribution is 1.78. The number of hydrogen-bond donors (Lipinski definition) is 2. The van der Waals surface area contributed by atoms with E-state index in [4.69, 9.17) is 16.5 Å². The molecule has 0 saturated carbocycles. The first-order valence-electron chi connectivity index (χ1n) is 2.14. The van der Waals surface area contributed by atoms with Crippen LogP contribution < -0.4 is 11.7 Å². The van der Waals surface area contributed by atoms with Crippen molar-refractivity contribution in [3.8, 4) is 0 Å². The number of quaternary nitrogens is 1. The topological polar surface area (TPSA) is 61.3 Å². The SMILES string of the molecule is CCO[N+](C)(N)N. The number of nitrogens with zero attached hydrogens (tertiary/aromatic N) is 1. The van der Waals surface area contributed by atoms with Crippen molar-refractivity contribution in [3.63, 3.8) is 0 Å². The molecular formula is C3H12N3O+. The number of rotatable bonds is 2. The summed E-state index contributed by atoms with van der Waals surface area (Å²) in [6.45, 7) is 2.36. The summed E-state index contributed by atoms with van der Waals surface area (Å²) in [5.74, 6) is 10.3. The standard InChI is InChI=1S/C3H12N3O/c1-3-7-6(2,4)5/h3-5H2,1-2H3/q+1. The first-order valence-corrected chi connectivity index (χ1v) is 2.14. The van der Waals surface area contributed by atoms with Crippen LogP contribution in [-0.2, 0) is 4.84 Å². The van der Waals surface area contributed by atoms with Crippen LogP contribution in [0.25, 0.3) is 0 Å². The molecule has 0 unspecified atom stereocenters. The van der Waals surface area contributed by atoms with Crippen LogP contribution in [0.5, 0.6) is 0 Å². The van der Waals surface area contributed by atoms with Gasteiger partial charge in [-0.25, -0.2) is 0 Å². The van der Waals surface area contributed by atoms with Crippen molar-refractivity contribution in [1.29, 1.82) is 0 Å². The zero-order valence-electron chi connectivity index (χ0n) is 4.72. The average molecular weight is 106 g/mol. The molecule has 0 amide bonds. The van der Waals surface area contributed by atoms with Gasteiger partial charge in [-0.15, -0.1) is 11.7 Å². The maximum atomic E-state index is 5.14. The second kappa shape index (κ2) is 2.23. The maximum absolute atomic E-state index is 5.14. The van der Waals surface area contributed by atoms with Gasteiger partial charge in [0.15, 0.2) is 0 Å². The second-order valence-corrected chi connectivity index (χ2v) is 1.48. The third-order valence-corrected chi connectivity index (χ3v) is 0.407. The van der Waals surface area contributed by atoms with Crippen LogP contribution in [0.1, 0.15) is 6.92 Å². The molecule has 4 N–H and O–H groups in total. The number of hydrogen-bond acceptors (Lipinski definition) is 3. The van der Waals surface area contributed by atoms with Crippen LogP contribution in [0, 0.1) is 0 Å². The van der Waals surface area contributed by atoms with Crippen molar-refractivity contribution in [2.75, 3.05) is 13.7 Å². The van der Waals surface area contributed by atoms with Crippen molar-refractivity contribution < 1.29 is 9.70 Å². The third kappa shape index (κ3) is 5.84.